The van der Waals surface area contributed by atoms with E-state index in [1.54, 1.807) is 0 Å². The van der Waals surface area contributed by atoms with Crippen molar-refractivity contribution in [3.05, 3.63) is 34.9 Å². The molecule has 0 spiro atoms. The van der Waals surface area contributed by atoms with Crippen molar-refractivity contribution >= 4 is 5.91 Å². The monoisotopic (exact) mass is 275 g/mol. The minimum atomic E-state index is -0.631. The zero-order chi connectivity index (χ0) is 14.8. The van der Waals surface area contributed by atoms with E-state index in [1.165, 1.54) is 24.0 Å². The number of carbonyl (C=O) groups excluding carboxylic acids is 1. The minimum absolute atomic E-state index is 0.0329. The summed E-state index contributed by atoms with van der Waals surface area (Å²) < 4.78 is 0. The lowest BCUT2D eigenvalue weighted by atomic mass is 9.89. The van der Waals surface area contributed by atoms with Crippen molar-refractivity contribution in [3.8, 4) is 0 Å². The molecular formula is C17H25NO2. The molecule has 0 aliphatic heterocycles. The van der Waals surface area contributed by atoms with Crippen LogP contribution in [0.5, 0.6) is 0 Å². The molecule has 1 aliphatic rings. The van der Waals surface area contributed by atoms with Crippen LogP contribution < -0.4 is 5.32 Å². The molecule has 1 aromatic rings. The first-order valence-corrected chi connectivity index (χ1v) is 7.46. The van der Waals surface area contributed by atoms with Gasteiger partial charge in [-0.05, 0) is 42.4 Å². The molecule has 0 heterocycles. The highest BCUT2D eigenvalue weighted by atomic mass is 16.3. The van der Waals surface area contributed by atoms with Gasteiger partial charge in [0.1, 0.15) is 0 Å². The molecule has 0 saturated carbocycles. The molecule has 1 amide bonds. The van der Waals surface area contributed by atoms with Crippen LogP contribution >= 0.6 is 0 Å². The van der Waals surface area contributed by atoms with E-state index in [0.29, 0.717) is 0 Å². The second-order valence-corrected chi connectivity index (χ2v) is 6.71. The number of fused-ring (bicyclic) bond motifs is 1. The summed E-state index contributed by atoms with van der Waals surface area (Å²) in [7, 11) is 0. The first-order chi connectivity index (χ1) is 9.38. The van der Waals surface area contributed by atoms with E-state index in [-0.39, 0.29) is 12.5 Å². The van der Waals surface area contributed by atoms with E-state index in [1.807, 2.05) is 26.8 Å². The van der Waals surface area contributed by atoms with Crippen molar-refractivity contribution in [2.24, 2.45) is 5.41 Å². The highest BCUT2D eigenvalue weighted by Crippen LogP contribution is 2.24. The number of benzene rings is 1. The number of hydrogen-bond acceptors (Lipinski definition) is 2. The molecule has 0 bridgehead atoms. The van der Waals surface area contributed by atoms with Gasteiger partial charge in [-0.2, -0.15) is 0 Å². The zero-order valence-electron chi connectivity index (χ0n) is 12.7. The highest BCUT2D eigenvalue weighted by Gasteiger charge is 2.22. The molecule has 1 unspecified atom stereocenters. The first kappa shape index (κ1) is 15.0. The van der Waals surface area contributed by atoms with Gasteiger partial charge >= 0.3 is 0 Å². The number of hydrogen-bond donors (Lipinski definition) is 2. The Bertz CT molecular complexity index is 488. The fourth-order valence-corrected chi connectivity index (χ4v) is 2.53. The fourth-order valence-electron chi connectivity index (χ4n) is 2.53. The number of rotatable bonds is 3. The van der Waals surface area contributed by atoms with E-state index in [9.17, 15) is 9.90 Å². The average molecular weight is 275 g/mol. The van der Waals surface area contributed by atoms with Crippen LogP contribution in [0.4, 0.5) is 0 Å². The van der Waals surface area contributed by atoms with E-state index in [0.717, 1.165) is 18.4 Å². The number of aryl methyl sites for hydroxylation is 2. The van der Waals surface area contributed by atoms with Crippen molar-refractivity contribution in [3.63, 3.8) is 0 Å². The predicted molar refractivity (Wildman–Crippen MR) is 80.5 cm³/mol. The lowest BCUT2D eigenvalue weighted by Gasteiger charge is -2.21. The standard InChI is InChI=1S/C17H25NO2/c1-17(2,3)16(20)18-11-15(19)14-9-8-12-6-4-5-7-13(12)10-14/h8-10,15,19H,4-7,11H2,1-3H3,(H,18,20). The summed E-state index contributed by atoms with van der Waals surface area (Å²) in [5.41, 5.74) is 3.25. The number of nitrogens with one attached hydrogen (secondary N) is 1. The molecule has 0 fully saturated rings. The van der Waals surface area contributed by atoms with Crippen LogP contribution in [0, 0.1) is 5.41 Å². The molecule has 20 heavy (non-hydrogen) atoms. The van der Waals surface area contributed by atoms with E-state index < -0.39 is 11.5 Å². The Morgan fingerprint density at radius 1 is 1.25 bits per heavy atom. The number of carbonyl (C=O) groups is 1. The van der Waals surface area contributed by atoms with Crippen LogP contribution in [0.2, 0.25) is 0 Å². The maximum Gasteiger partial charge on any atom is 0.225 e. The Hall–Kier alpha value is -1.35. The third-order valence-electron chi connectivity index (χ3n) is 3.89. The van der Waals surface area contributed by atoms with Crippen molar-refractivity contribution in [1.82, 2.24) is 5.32 Å². The van der Waals surface area contributed by atoms with Gasteiger partial charge in [0.25, 0.3) is 0 Å². The van der Waals surface area contributed by atoms with Crippen molar-refractivity contribution in [1.29, 1.82) is 0 Å². The fraction of sp³-hybridized carbons (Fsp3) is 0.588. The quantitative estimate of drug-likeness (QED) is 0.891. The number of amides is 1. The summed E-state index contributed by atoms with van der Waals surface area (Å²) >= 11 is 0. The Kier molecular flexibility index (Phi) is 4.48. The summed E-state index contributed by atoms with van der Waals surface area (Å²) in [6.07, 6.45) is 4.11. The highest BCUT2D eigenvalue weighted by molar-refractivity contribution is 5.81. The van der Waals surface area contributed by atoms with Gasteiger partial charge in [0.2, 0.25) is 5.91 Å². The predicted octanol–water partition coefficient (Wildman–Crippen LogP) is 2.76. The summed E-state index contributed by atoms with van der Waals surface area (Å²) in [6.45, 7) is 5.88. The normalized spacial score (nSPS) is 16.4. The van der Waals surface area contributed by atoms with Crippen LogP contribution in [-0.2, 0) is 17.6 Å². The van der Waals surface area contributed by atoms with Crippen LogP contribution in [0.15, 0.2) is 18.2 Å². The lowest BCUT2D eigenvalue weighted by molar-refractivity contribution is -0.128. The van der Waals surface area contributed by atoms with Gasteiger partial charge in [-0.1, -0.05) is 39.0 Å². The molecule has 1 aromatic carbocycles. The Balaban J connectivity index is 1.99. The molecule has 1 aliphatic carbocycles. The molecular weight excluding hydrogens is 250 g/mol. The molecule has 1 atom stereocenters. The molecule has 3 nitrogen and oxygen atoms in total. The van der Waals surface area contributed by atoms with Crippen molar-refractivity contribution < 1.29 is 9.90 Å². The minimum Gasteiger partial charge on any atom is -0.387 e. The molecule has 3 heteroatoms. The second-order valence-electron chi connectivity index (χ2n) is 6.71. The number of aliphatic hydroxyl groups excluding tert-OH is 1. The summed E-state index contributed by atoms with van der Waals surface area (Å²) in [4.78, 5) is 11.8. The van der Waals surface area contributed by atoms with Crippen LogP contribution in [0.1, 0.15) is 56.4 Å². The maximum atomic E-state index is 11.8. The van der Waals surface area contributed by atoms with Crippen LogP contribution in [0.25, 0.3) is 0 Å². The van der Waals surface area contributed by atoms with E-state index in [2.05, 4.69) is 17.4 Å². The summed E-state index contributed by atoms with van der Waals surface area (Å²) in [5.74, 6) is -0.0329. The van der Waals surface area contributed by atoms with Gasteiger partial charge in [0.05, 0.1) is 6.10 Å². The van der Waals surface area contributed by atoms with Gasteiger partial charge in [0, 0.05) is 12.0 Å². The Morgan fingerprint density at radius 2 is 1.90 bits per heavy atom. The smallest absolute Gasteiger partial charge is 0.225 e. The SMILES string of the molecule is CC(C)(C)C(=O)NCC(O)c1ccc2c(c1)CCCC2. The molecule has 2 N–H and O–H groups in total. The van der Waals surface area contributed by atoms with E-state index in [4.69, 9.17) is 0 Å². The number of aliphatic hydroxyl groups is 1. The van der Waals surface area contributed by atoms with E-state index >= 15 is 0 Å². The van der Waals surface area contributed by atoms with Crippen molar-refractivity contribution in [2.45, 2.75) is 52.6 Å². The first-order valence-electron chi connectivity index (χ1n) is 7.46. The lowest BCUT2D eigenvalue weighted by Crippen LogP contribution is -2.37. The van der Waals surface area contributed by atoms with Gasteiger partial charge < -0.3 is 10.4 Å². The summed E-state index contributed by atoms with van der Waals surface area (Å²) in [5, 5.41) is 13.0. The molecule has 0 saturated heterocycles. The molecule has 0 aromatic heterocycles. The third kappa shape index (κ3) is 3.60. The van der Waals surface area contributed by atoms with Gasteiger partial charge in [-0.3, -0.25) is 4.79 Å². The second kappa shape index (κ2) is 5.96. The zero-order valence-corrected chi connectivity index (χ0v) is 12.7. The summed E-state index contributed by atoms with van der Waals surface area (Å²) in [6, 6.07) is 6.21. The third-order valence-corrected chi connectivity index (χ3v) is 3.89. The largest absolute Gasteiger partial charge is 0.387 e. The Morgan fingerprint density at radius 3 is 2.55 bits per heavy atom. The van der Waals surface area contributed by atoms with Gasteiger partial charge in [-0.25, -0.2) is 0 Å². The average Bonchev–Trinajstić information content (AvgIpc) is 2.42. The van der Waals surface area contributed by atoms with Gasteiger partial charge in [0.15, 0.2) is 0 Å². The Labute approximate surface area is 121 Å². The molecule has 110 valence electrons. The van der Waals surface area contributed by atoms with Gasteiger partial charge in [-0.15, -0.1) is 0 Å². The molecule has 0 radical (unpaired) electrons. The van der Waals surface area contributed by atoms with Crippen LogP contribution in [-0.4, -0.2) is 17.6 Å². The molecule has 2 rings (SSSR count). The maximum absolute atomic E-state index is 11.8. The topological polar surface area (TPSA) is 49.3 Å². The van der Waals surface area contributed by atoms with Crippen LogP contribution in [0.3, 0.4) is 0 Å². The van der Waals surface area contributed by atoms with Crippen molar-refractivity contribution in [2.75, 3.05) is 6.54 Å².